The Kier molecular flexibility index (Phi) is 5.99. The van der Waals surface area contributed by atoms with Crippen molar-refractivity contribution in [2.75, 3.05) is 7.11 Å². The maximum Gasteiger partial charge on any atom is 0.262 e. The molecule has 0 bridgehead atoms. The van der Waals surface area contributed by atoms with Crippen LogP contribution in [0.3, 0.4) is 0 Å². The monoisotopic (exact) mass is 433 g/mol. The Bertz CT molecular complexity index is 1120. The van der Waals surface area contributed by atoms with Crippen LogP contribution in [-0.2, 0) is 27.2 Å². The lowest BCUT2D eigenvalue weighted by molar-refractivity contribution is -0.132. The molecular weight excluding hydrogens is 410 g/mol. The maximum atomic E-state index is 12.9. The van der Waals surface area contributed by atoms with Crippen LogP contribution in [0.2, 0.25) is 0 Å². The van der Waals surface area contributed by atoms with Crippen LogP contribution in [0.25, 0.3) is 0 Å². The largest absolute Gasteiger partial charge is 0.497 e. The number of benzene rings is 2. The highest BCUT2D eigenvalue weighted by Gasteiger charge is 2.44. The quantitative estimate of drug-likeness (QED) is 0.492. The van der Waals surface area contributed by atoms with Crippen molar-refractivity contribution in [2.45, 2.75) is 44.6 Å². The molecule has 1 fully saturated rings. The van der Waals surface area contributed by atoms with Gasteiger partial charge in [-0.25, -0.2) is 0 Å². The maximum absolute atomic E-state index is 12.9. The molecule has 2 amide bonds. The number of carbonyl (C=O) groups excluding carboxylic acids is 5. The van der Waals surface area contributed by atoms with E-state index in [2.05, 4.69) is 0 Å². The number of hydrogen-bond acceptors (Lipinski definition) is 6. The van der Waals surface area contributed by atoms with Crippen molar-refractivity contribution in [3.8, 4) is 5.75 Å². The molecule has 0 radical (unpaired) electrons. The molecular formula is C25H23NO6. The fourth-order valence-electron chi connectivity index (χ4n) is 4.22. The molecule has 0 saturated heterocycles. The number of hydrogen-bond donors (Lipinski definition) is 0. The average Bonchev–Trinajstić information content (AvgIpc) is 3.03. The Hall–Kier alpha value is -3.61. The predicted molar refractivity (Wildman–Crippen MR) is 115 cm³/mol. The van der Waals surface area contributed by atoms with Crippen LogP contribution in [0, 0.1) is 0 Å². The third kappa shape index (κ3) is 4.23. The lowest BCUT2D eigenvalue weighted by Gasteiger charge is -2.27. The van der Waals surface area contributed by atoms with Gasteiger partial charge in [-0.05, 0) is 48.2 Å². The summed E-state index contributed by atoms with van der Waals surface area (Å²) in [5.41, 5.74) is 2.18. The van der Waals surface area contributed by atoms with E-state index >= 15 is 0 Å². The van der Waals surface area contributed by atoms with Crippen LogP contribution in [0.15, 0.2) is 42.5 Å². The van der Waals surface area contributed by atoms with Gasteiger partial charge in [0, 0.05) is 19.3 Å². The molecule has 7 heteroatoms. The third-order valence-corrected chi connectivity index (χ3v) is 5.99. The minimum Gasteiger partial charge on any atom is -0.497 e. The van der Waals surface area contributed by atoms with Gasteiger partial charge in [0.2, 0.25) is 0 Å². The fraction of sp³-hybridized carbons (Fsp3) is 0.320. The number of carbonyl (C=O) groups is 5. The second-order valence-electron chi connectivity index (χ2n) is 8.16. The van der Waals surface area contributed by atoms with Crippen LogP contribution in [0.1, 0.15) is 57.5 Å². The number of fused-ring (bicyclic) bond motifs is 1. The lowest BCUT2D eigenvalue weighted by Crippen LogP contribution is -2.47. The normalized spacial score (nSPS) is 18.2. The molecule has 1 saturated carbocycles. The van der Waals surface area contributed by atoms with Gasteiger partial charge in [-0.3, -0.25) is 28.9 Å². The molecule has 0 aromatic heterocycles. The molecule has 1 atom stereocenters. The molecule has 164 valence electrons. The summed E-state index contributed by atoms with van der Waals surface area (Å²) in [5.74, 6) is -0.764. The topological polar surface area (TPSA) is 97.8 Å². The molecule has 4 rings (SSSR count). The summed E-state index contributed by atoms with van der Waals surface area (Å²) >= 11 is 0. The Labute approximate surface area is 185 Å². The summed E-state index contributed by atoms with van der Waals surface area (Å²) in [6.07, 6.45) is 1.18. The standard InChI is InChI=1S/C25H23NO6/c1-32-19-8-3-15(4-9-19)12-17(27)6-2-16-5-10-20-21(13-16)25(31)26(24(20)30)22-11-7-18(28)14-23(22)29/h3-5,8-10,13,22H,2,6-7,11-12,14H2,1H3. The van der Waals surface area contributed by atoms with Crippen LogP contribution in [0.4, 0.5) is 0 Å². The first kappa shape index (κ1) is 21.6. The second kappa shape index (κ2) is 8.86. The summed E-state index contributed by atoms with van der Waals surface area (Å²) < 4.78 is 5.12. The number of amides is 2. The zero-order chi connectivity index (χ0) is 22.8. The van der Waals surface area contributed by atoms with Gasteiger partial charge >= 0.3 is 0 Å². The van der Waals surface area contributed by atoms with E-state index < -0.39 is 17.9 Å². The van der Waals surface area contributed by atoms with Crippen LogP contribution in [0.5, 0.6) is 5.75 Å². The number of methoxy groups -OCH3 is 1. The molecule has 0 N–H and O–H groups in total. The van der Waals surface area contributed by atoms with Crippen molar-refractivity contribution >= 4 is 29.2 Å². The minimum atomic E-state index is -0.880. The van der Waals surface area contributed by atoms with E-state index in [9.17, 15) is 24.0 Å². The van der Waals surface area contributed by atoms with Crippen molar-refractivity contribution in [2.24, 2.45) is 0 Å². The molecule has 32 heavy (non-hydrogen) atoms. The molecule has 1 aliphatic heterocycles. The van der Waals surface area contributed by atoms with Gasteiger partial charge in [-0.1, -0.05) is 18.2 Å². The van der Waals surface area contributed by atoms with Crippen molar-refractivity contribution < 1.29 is 28.7 Å². The van der Waals surface area contributed by atoms with E-state index in [-0.39, 0.29) is 47.7 Å². The molecule has 1 unspecified atom stereocenters. The van der Waals surface area contributed by atoms with E-state index in [0.29, 0.717) is 19.3 Å². The van der Waals surface area contributed by atoms with Crippen molar-refractivity contribution in [3.05, 3.63) is 64.7 Å². The molecule has 2 aromatic carbocycles. The van der Waals surface area contributed by atoms with Gasteiger partial charge in [0.05, 0.1) is 30.7 Å². The van der Waals surface area contributed by atoms with E-state index in [4.69, 9.17) is 4.74 Å². The van der Waals surface area contributed by atoms with E-state index in [1.54, 1.807) is 25.3 Å². The molecule has 2 aromatic rings. The highest BCUT2D eigenvalue weighted by molar-refractivity contribution is 6.23. The first-order chi connectivity index (χ1) is 15.4. The molecule has 1 aliphatic carbocycles. The Morgan fingerprint density at radius 1 is 0.969 bits per heavy atom. The fourth-order valence-corrected chi connectivity index (χ4v) is 4.22. The van der Waals surface area contributed by atoms with Crippen molar-refractivity contribution in [1.82, 2.24) is 4.90 Å². The summed E-state index contributed by atoms with van der Waals surface area (Å²) in [7, 11) is 1.59. The zero-order valence-corrected chi connectivity index (χ0v) is 17.8. The number of ketones is 3. The predicted octanol–water partition coefficient (Wildman–Crippen LogP) is 2.73. The van der Waals surface area contributed by atoms with Crippen LogP contribution < -0.4 is 4.74 Å². The highest BCUT2D eigenvalue weighted by atomic mass is 16.5. The number of nitrogens with zero attached hydrogens (tertiary/aromatic N) is 1. The average molecular weight is 433 g/mol. The summed E-state index contributed by atoms with van der Waals surface area (Å²) in [5, 5.41) is 0. The Balaban J connectivity index is 1.41. The molecule has 2 aliphatic rings. The van der Waals surface area contributed by atoms with Crippen LogP contribution in [-0.4, -0.2) is 47.2 Å². The van der Waals surface area contributed by atoms with Crippen molar-refractivity contribution in [1.29, 1.82) is 0 Å². The molecule has 1 heterocycles. The Morgan fingerprint density at radius 3 is 2.34 bits per heavy atom. The van der Waals surface area contributed by atoms with E-state index in [0.717, 1.165) is 21.8 Å². The lowest BCUT2D eigenvalue weighted by atomic mass is 9.92. The SMILES string of the molecule is COc1ccc(CC(=O)CCc2ccc3c(c2)C(=O)N(C2CCC(=O)CC2=O)C3=O)cc1. The first-order valence-electron chi connectivity index (χ1n) is 10.6. The first-order valence-corrected chi connectivity index (χ1v) is 10.6. The van der Waals surface area contributed by atoms with Crippen molar-refractivity contribution in [3.63, 3.8) is 0 Å². The number of rotatable bonds is 7. The van der Waals surface area contributed by atoms with E-state index in [1.165, 1.54) is 0 Å². The number of ether oxygens (including phenoxy) is 1. The minimum absolute atomic E-state index is 0.0668. The molecule has 0 spiro atoms. The van der Waals surface area contributed by atoms with Gasteiger partial charge in [0.15, 0.2) is 5.78 Å². The number of Topliss-reactive ketones (excluding diaryl/α,β-unsaturated/α-hetero) is 3. The highest BCUT2D eigenvalue weighted by Crippen LogP contribution is 2.30. The zero-order valence-electron chi connectivity index (χ0n) is 17.8. The molecule has 7 nitrogen and oxygen atoms in total. The van der Waals surface area contributed by atoms with Gasteiger partial charge in [0.1, 0.15) is 17.3 Å². The summed E-state index contributed by atoms with van der Waals surface area (Å²) in [4.78, 5) is 62.8. The van der Waals surface area contributed by atoms with Gasteiger partial charge in [-0.15, -0.1) is 0 Å². The smallest absolute Gasteiger partial charge is 0.262 e. The number of aryl methyl sites for hydroxylation is 1. The van der Waals surface area contributed by atoms with Crippen LogP contribution >= 0.6 is 0 Å². The van der Waals surface area contributed by atoms with Gasteiger partial charge < -0.3 is 4.74 Å². The summed E-state index contributed by atoms with van der Waals surface area (Å²) in [6, 6.07) is 11.4. The second-order valence-corrected chi connectivity index (χ2v) is 8.16. The van der Waals surface area contributed by atoms with E-state index in [1.807, 2.05) is 24.3 Å². The van der Waals surface area contributed by atoms with Gasteiger partial charge in [-0.2, -0.15) is 0 Å². The summed E-state index contributed by atoms with van der Waals surface area (Å²) in [6.45, 7) is 0. The Morgan fingerprint density at radius 2 is 1.66 bits per heavy atom. The third-order valence-electron chi connectivity index (χ3n) is 5.99. The number of imide groups is 1. The van der Waals surface area contributed by atoms with Gasteiger partial charge in [0.25, 0.3) is 11.8 Å².